The van der Waals surface area contributed by atoms with Crippen molar-refractivity contribution in [2.75, 3.05) is 17.2 Å². The Bertz CT molecular complexity index is 569. The van der Waals surface area contributed by atoms with Gasteiger partial charge in [0.1, 0.15) is 11.6 Å². The summed E-state index contributed by atoms with van der Waals surface area (Å²) in [5.74, 6) is 0.761. The van der Waals surface area contributed by atoms with Gasteiger partial charge < -0.3 is 10.6 Å². The zero-order valence-corrected chi connectivity index (χ0v) is 12.3. The lowest BCUT2D eigenvalue weighted by Gasteiger charge is -2.12. The van der Waals surface area contributed by atoms with Crippen LogP contribution in [0.25, 0.3) is 0 Å². The number of benzene rings is 1. The summed E-state index contributed by atoms with van der Waals surface area (Å²) in [4.78, 5) is 8.47. The van der Waals surface area contributed by atoms with Gasteiger partial charge in [-0.3, -0.25) is 0 Å². The number of hydrogen-bond donors (Lipinski definition) is 2. The fourth-order valence-electron chi connectivity index (χ4n) is 1.55. The minimum atomic E-state index is -0.336. The summed E-state index contributed by atoms with van der Waals surface area (Å²) in [5.41, 5.74) is 1.21. The van der Waals surface area contributed by atoms with E-state index >= 15 is 0 Å². The summed E-state index contributed by atoms with van der Waals surface area (Å²) >= 11 is 3.32. The monoisotopic (exact) mass is 324 g/mol. The van der Waals surface area contributed by atoms with E-state index in [1.807, 2.05) is 13.8 Å². The van der Waals surface area contributed by atoms with Gasteiger partial charge in [0, 0.05) is 22.8 Å². The molecule has 1 heterocycles. The molecule has 0 fully saturated rings. The van der Waals surface area contributed by atoms with Gasteiger partial charge >= 0.3 is 0 Å². The molecule has 0 saturated carbocycles. The van der Waals surface area contributed by atoms with Crippen LogP contribution >= 0.6 is 15.9 Å². The first-order valence-corrected chi connectivity index (χ1v) is 6.69. The van der Waals surface area contributed by atoms with Gasteiger partial charge in [0.05, 0.1) is 5.69 Å². The molecule has 1 aromatic heterocycles. The van der Waals surface area contributed by atoms with E-state index in [9.17, 15) is 4.39 Å². The maximum atomic E-state index is 13.8. The molecule has 19 heavy (non-hydrogen) atoms. The number of halogens is 2. The molecule has 0 spiro atoms. The molecular weight excluding hydrogens is 311 g/mol. The second kappa shape index (κ2) is 5.97. The van der Waals surface area contributed by atoms with Crippen molar-refractivity contribution in [2.24, 2.45) is 0 Å². The van der Waals surface area contributed by atoms with Gasteiger partial charge in [-0.25, -0.2) is 9.37 Å². The number of aryl methyl sites for hydroxylation is 1. The van der Waals surface area contributed by atoms with Crippen molar-refractivity contribution in [3.05, 3.63) is 40.2 Å². The highest BCUT2D eigenvalue weighted by atomic mass is 79.9. The van der Waals surface area contributed by atoms with Crippen molar-refractivity contribution >= 4 is 33.4 Å². The van der Waals surface area contributed by atoms with Gasteiger partial charge in [0.25, 0.3) is 0 Å². The molecule has 4 nitrogen and oxygen atoms in total. The largest absolute Gasteiger partial charge is 0.354 e. The van der Waals surface area contributed by atoms with E-state index in [1.165, 1.54) is 6.07 Å². The Hall–Kier alpha value is -1.69. The molecule has 0 bridgehead atoms. The van der Waals surface area contributed by atoms with Crippen LogP contribution in [0.3, 0.4) is 0 Å². The molecule has 0 amide bonds. The maximum Gasteiger partial charge on any atom is 0.224 e. The van der Waals surface area contributed by atoms with Crippen LogP contribution in [0.5, 0.6) is 0 Å². The van der Waals surface area contributed by atoms with Crippen molar-refractivity contribution in [1.82, 2.24) is 9.97 Å². The first-order chi connectivity index (χ1) is 9.11. The lowest BCUT2D eigenvalue weighted by molar-refractivity contribution is 0.631. The average Bonchev–Trinajstić information content (AvgIpc) is 2.38. The summed E-state index contributed by atoms with van der Waals surface area (Å²) in [5, 5.41) is 6.02. The number of hydrogen-bond acceptors (Lipinski definition) is 4. The molecule has 6 heteroatoms. The van der Waals surface area contributed by atoms with Gasteiger partial charge in [-0.15, -0.1) is 0 Å². The standard InChI is InChI=1S/C13H14BrFN4/c1-3-16-13-17-7-8(2)12(19-13)18-11-9(14)5-4-6-10(11)15/h4-7H,3H2,1-2H3,(H2,16,17,18,19). The Labute approximate surface area is 119 Å². The van der Waals surface area contributed by atoms with E-state index in [1.54, 1.807) is 18.3 Å². The van der Waals surface area contributed by atoms with Crippen LogP contribution in [0.1, 0.15) is 12.5 Å². The summed E-state index contributed by atoms with van der Waals surface area (Å²) in [6, 6.07) is 4.81. The molecule has 0 aliphatic heterocycles. The number of aromatic nitrogens is 2. The number of nitrogens with one attached hydrogen (secondary N) is 2. The van der Waals surface area contributed by atoms with E-state index in [4.69, 9.17) is 0 Å². The zero-order chi connectivity index (χ0) is 13.8. The summed E-state index contributed by atoms with van der Waals surface area (Å²) in [6.07, 6.45) is 1.70. The molecule has 0 saturated heterocycles. The average molecular weight is 325 g/mol. The Balaban J connectivity index is 2.35. The minimum Gasteiger partial charge on any atom is -0.354 e. The topological polar surface area (TPSA) is 49.8 Å². The summed E-state index contributed by atoms with van der Waals surface area (Å²) in [6.45, 7) is 4.56. The molecule has 0 unspecified atom stereocenters. The van der Waals surface area contributed by atoms with Crippen molar-refractivity contribution in [1.29, 1.82) is 0 Å². The van der Waals surface area contributed by atoms with Crippen LogP contribution in [0, 0.1) is 12.7 Å². The maximum absolute atomic E-state index is 13.8. The molecule has 0 atom stereocenters. The molecule has 2 N–H and O–H groups in total. The lowest BCUT2D eigenvalue weighted by atomic mass is 10.3. The second-order valence-electron chi connectivity index (χ2n) is 3.98. The van der Waals surface area contributed by atoms with Crippen LogP contribution in [-0.2, 0) is 0 Å². The first-order valence-electron chi connectivity index (χ1n) is 5.90. The van der Waals surface area contributed by atoms with Crippen molar-refractivity contribution < 1.29 is 4.39 Å². The smallest absolute Gasteiger partial charge is 0.224 e. The molecular formula is C13H14BrFN4. The van der Waals surface area contributed by atoms with Gasteiger partial charge in [-0.2, -0.15) is 4.98 Å². The Morgan fingerprint density at radius 2 is 2.16 bits per heavy atom. The molecule has 2 rings (SSSR count). The van der Waals surface area contributed by atoms with Crippen LogP contribution in [0.4, 0.5) is 21.8 Å². The molecule has 0 aliphatic carbocycles. The number of rotatable bonds is 4. The first kappa shape index (κ1) is 13.7. The van der Waals surface area contributed by atoms with Crippen LogP contribution in [-0.4, -0.2) is 16.5 Å². The third-order valence-corrected chi connectivity index (χ3v) is 3.17. The fraction of sp³-hybridized carbons (Fsp3) is 0.231. The Morgan fingerprint density at radius 1 is 1.37 bits per heavy atom. The molecule has 100 valence electrons. The van der Waals surface area contributed by atoms with Crippen LogP contribution in [0.15, 0.2) is 28.9 Å². The molecule has 0 aliphatic rings. The van der Waals surface area contributed by atoms with Crippen molar-refractivity contribution in [3.63, 3.8) is 0 Å². The third-order valence-electron chi connectivity index (χ3n) is 2.51. The van der Waals surface area contributed by atoms with Gasteiger partial charge in [0.15, 0.2) is 0 Å². The highest BCUT2D eigenvalue weighted by molar-refractivity contribution is 9.10. The normalized spacial score (nSPS) is 10.3. The number of anilines is 3. The van der Waals surface area contributed by atoms with E-state index in [0.717, 1.165) is 12.1 Å². The van der Waals surface area contributed by atoms with Crippen LogP contribution in [0.2, 0.25) is 0 Å². The molecule has 1 aromatic carbocycles. The second-order valence-corrected chi connectivity index (χ2v) is 4.83. The SMILES string of the molecule is CCNc1ncc(C)c(Nc2c(F)cccc2Br)n1. The third kappa shape index (κ3) is 3.20. The van der Waals surface area contributed by atoms with Crippen molar-refractivity contribution in [3.8, 4) is 0 Å². The zero-order valence-electron chi connectivity index (χ0n) is 10.7. The van der Waals surface area contributed by atoms with Crippen molar-refractivity contribution in [2.45, 2.75) is 13.8 Å². The Kier molecular flexibility index (Phi) is 4.31. The van der Waals surface area contributed by atoms with E-state index in [-0.39, 0.29) is 5.82 Å². The van der Waals surface area contributed by atoms with Gasteiger partial charge in [-0.05, 0) is 41.9 Å². The molecule has 0 radical (unpaired) electrons. The van der Waals surface area contributed by atoms with Crippen LogP contribution < -0.4 is 10.6 Å². The van der Waals surface area contributed by atoms with Gasteiger partial charge in [0.2, 0.25) is 5.95 Å². The quantitative estimate of drug-likeness (QED) is 0.896. The number of nitrogens with zero attached hydrogens (tertiary/aromatic N) is 2. The fourth-order valence-corrected chi connectivity index (χ4v) is 1.99. The number of para-hydroxylation sites is 1. The van der Waals surface area contributed by atoms with E-state index in [2.05, 4.69) is 36.5 Å². The van der Waals surface area contributed by atoms with E-state index in [0.29, 0.717) is 21.9 Å². The summed E-state index contributed by atoms with van der Waals surface area (Å²) < 4.78 is 14.4. The van der Waals surface area contributed by atoms with E-state index < -0.39 is 0 Å². The minimum absolute atomic E-state index is 0.336. The molecule has 2 aromatic rings. The predicted molar refractivity (Wildman–Crippen MR) is 78.3 cm³/mol. The Morgan fingerprint density at radius 3 is 2.84 bits per heavy atom. The highest BCUT2D eigenvalue weighted by Crippen LogP contribution is 2.29. The predicted octanol–water partition coefficient (Wildman–Crippen LogP) is 3.86. The van der Waals surface area contributed by atoms with Gasteiger partial charge in [-0.1, -0.05) is 6.07 Å². The highest BCUT2D eigenvalue weighted by Gasteiger charge is 2.10. The lowest BCUT2D eigenvalue weighted by Crippen LogP contribution is -2.06. The summed E-state index contributed by atoms with van der Waals surface area (Å²) in [7, 11) is 0.